The smallest absolute Gasteiger partial charge is 0.237 e. The Bertz CT molecular complexity index is 321. The molecule has 0 aliphatic carbocycles. The van der Waals surface area contributed by atoms with Crippen LogP contribution in [0.1, 0.15) is 27.2 Å². The molecule has 2 heterocycles. The van der Waals surface area contributed by atoms with Crippen molar-refractivity contribution in [2.45, 2.75) is 33.2 Å². The maximum absolute atomic E-state index is 12.1. The average Bonchev–Trinajstić information content (AvgIpc) is 2.97. The molecule has 0 bridgehead atoms. The molecule has 21 heavy (non-hydrogen) atoms. The van der Waals surface area contributed by atoms with Crippen molar-refractivity contribution >= 4 is 5.91 Å². The van der Waals surface area contributed by atoms with Crippen LogP contribution in [0.2, 0.25) is 0 Å². The average molecular weight is 297 g/mol. The molecule has 2 saturated heterocycles. The summed E-state index contributed by atoms with van der Waals surface area (Å²) in [4.78, 5) is 16.9. The first kappa shape index (κ1) is 16.7. The lowest BCUT2D eigenvalue weighted by Gasteiger charge is -2.38. The second-order valence-electron chi connectivity index (χ2n) is 6.88. The molecule has 0 aromatic heterocycles. The maximum Gasteiger partial charge on any atom is 0.237 e. The van der Waals surface area contributed by atoms with Crippen molar-refractivity contribution in [3.63, 3.8) is 0 Å². The summed E-state index contributed by atoms with van der Waals surface area (Å²) < 4.78 is 5.45. The van der Waals surface area contributed by atoms with Crippen LogP contribution in [0.15, 0.2) is 0 Å². The summed E-state index contributed by atoms with van der Waals surface area (Å²) in [6.07, 6.45) is 1.20. The van der Waals surface area contributed by atoms with Crippen LogP contribution in [0.3, 0.4) is 0 Å². The zero-order chi connectivity index (χ0) is 15.2. The van der Waals surface area contributed by atoms with Gasteiger partial charge in [-0.15, -0.1) is 0 Å². The summed E-state index contributed by atoms with van der Waals surface area (Å²) in [7, 11) is 0. The molecule has 5 heteroatoms. The third kappa shape index (κ3) is 5.24. The van der Waals surface area contributed by atoms with Crippen molar-refractivity contribution in [3.8, 4) is 0 Å². The normalized spacial score (nSPS) is 26.2. The minimum atomic E-state index is -0.0132. The van der Waals surface area contributed by atoms with Crippen LogP contribution in [0.25, 0.3) is 0 Å². The second kappa shape index (κ2) is 8.11. The van der Waals surface area contributed by atoms with E-state index in [1.165, 1.54) is 6.42 Å². The van der Waals surface area contributed by atoms with Gasteiger partial charge in [0.1, 0.15) is 0 Å². The highest BCUT2D eigenvalue weighted by atomic mass is 16.5. The van der Waals surface area contributed by atoms with E-state index in [4.69, 9.17) is 4.74 Å². The van der Waals surface area contributed by atoms with E-state index in [1.54, 1.807) is 0 Å². The van der Waals surface area contributed by atoms with Crippen LogP contribution in [0, 0.1) is 11.8 Å². The lowest BCUT2D eigenvalue weighted by molar-refractivity contribution is -0.126. The lowest BCUT2D eigenvalue weighted by atomic mass is 10.1. The Morgan fingerprint density at radius 3 is 2.52 bits per heavy atom. The van der Waals surface area contributed by atoms with Crippen LogP contribution in [-0.4, -0.2) is 74.2 Å². The van der Waals surface area contributed by atoms with Crippen LogP contribution in [-0.2, 0) is 9.53 Å². The Labute approximate surface area is 129 Å². The number of hydrogen-bond acceptors (Lipinski definition) is 4. The summed E-state index contributed by atoms with van der Waals surface area (Å²) in [5.74, 6) is 1.39. The van der Waals surface area contributed by atoms with Crippen LogP contribution in [0.5, 0.6) is 0 Å². The summed E-state index contributed by atoms with van der Waals surface area (Å²) >= 11 is 0. The number of ether oxygens (including phenoxy) is 1. The Morgan fingerprint density at radius 1 is 1.24 bits per heavy atom. The molecule has 2 aliphatic heterocycles. The molecule has 5 nitrogen and oxygen atoms in total. The Morgan fingerprint density at radius 2 is 1.95 bits per heavy atom. The first-order valence-corrected chi connectivity index (χ1v) is 8.38. The predicted molar refractivity (Wildman–Crippen MR) is 84.2 cm³/mol. The molecule has 122 valence electrons. The highest BCUT2D eigenvalue weighted by Gasteiger charge is 2.27. The van der Waals surface area contributed by atoms with Crippen LogP contribution in [0.4, 0.5) is 0 Å². The Hall–Kier alpha value is -0.650. The van der Waals surface area contributed by atoms with Gasteiger partial charge < -0.3 is 15.0 Å². The summed E-state index contributed by atoms with van der Waals surface area (Å²) in [6, 6.07) is -0.0132. The number of hydrogen-bond donors (Lipinski definition) is 1. The van der Waals surface area contributed by atoms with E-state index >= 15 is 0 Å². The highest BCUT2D eigenvalue weighted by Crippen LogP contribution is 2.15. The number of carbonyl (C=O) groups is 1. The number of rotatable bonds is 6. The Kier molecular flexibility index (Phi) is 6.45. The topological polar surface area (TPSA) is 44.8 Å². The van der Waals surface area contributed by atoms with Gasteiger partial charge in [0, 0.05) is 45.9 Å². The fraction of sp³-hybridized carbons (Fsp3) is 0.938. The van der Waals surface area contributed by atoms with Crippen molar-refractivity contribution in [1.29, 1.82) is 0 Å². The van der Waals surface area contributed by atoms with Gasteiger partial charge in [-0.2, -0.15) is 0 Å². The zero-order valence-electron chi connectivity index (χ0n) is 13.8. The largest absolute Gasteiger partial charge is 0.381 e. The molecule has 2 rings (SSSR count). The van der Waals surface area contributed by atoms with Gasteiger partial charge >= 0.3 is 0 Å². The molecule has 0 aromatic carbocycles. The van der Waals surface area contributed by atoms with Gasteiger partial charge in [-0.3, -0.25) is 9.69 Å². The van der Waals surface area contributed by atoms with Gasteiger partial charge in [0.05, 0.1) is 12.6 Å². The minimum absolute atomic E-state index is 0.0132. The molecule has 0 saturated carbocycles. The van der Waals surface area contributed by atoms with Crippen molar-refractivity contribution < 1.29 is 9.53 Å². The molecule has 0 aromatic rings. The molecule has 2 aliphatic rings. The molecule has 1 N–H and O–H groups in total. The number of amides is 1. The third-order valence-electron chi connectivity index (χ3n) is 4.56. The molecule has 0 radical (unpaired) electrons. The molecule has 0 spiro atoms. The lowest BCUT2D eigenvalue weighted by Crippen LogP contribution is -2.54. The zero-order valence-corrected chi connectivity index (χ0v) is 13.8. The fourth-order valence-corrected chi connectivity index (χ4v) is 3.04. The van der Waals surface area contributed by atoms with Crippen molar-refractivity contribution in [2.75, 3.05) is 52.5 Å². The van der Waals surface area contributed by atoms with Gasteiger partial charge in [0.25, 0.3) is 0 Å². The summed E-state index contributed by atoms with van der Waals surface area (Å²) in [5, 5.41) is 3.04. The number of nitrogens with zero attached hydrogens (tertiary/aromatic N) is 2. The molecular weight excluding hydrogens is 266 g/mol. The van der Waals surface area contributed by atoms with Crippen LogP contribution < -0.4 is 5.32 Å². The minimum Gasteiger partial charge on any atom is -0.381 e. The van der Waals surface area contributed by atoms with E-state index in [0.29, 0.717) is 11.8 Å². The van der Waals surface area contributed by atoms with E-state index in [1.807, 2.05) is 6.92 Å². The quantitative estimate of drug-likeness (QED) is 0.788. The highest BCUT2D eigenvalue weighted by molar-refractivity contribution is 5.81. The summed E-state index contributed by atoms with van der Waals surface area (Å²) in [6.45, 7) is 14.2. The van der Waals surface area contributed by atoms with E-state index in [0.717, 1.165) is 52.5 Å². The molecular formula is C16H31N3O2. The van der Waals surface area contributed by atoms with Crippen molar-refractivity contribution in [2.24, 2.45) is 11.8 Å². The SMILES string of the molecule is CC(C)CNC(=O)[C@H](C)N1CCN(C[C@@H]2CCOC2)CC1. The van der Waals surface area contributed by atoms with Crippen molar-refractivity contribution in [3.05, 3.63) is 0 Å². The monoisotopic (exact) mass is 297 g/mol. The number of carbonyl (C=O) groups excluding carboxylic acids is 1. The van der Waals surface area contributed by atoms with E-state index in [9.17, 15) is 4.79 Å². The molecule has 0 unspecified atom stereocenters. The van der Waals surface area contributed by atoms with Gasteiger partial charge in [-0.25, -0.2) is 0 Å². The Balaban J connectivity index is 1.68. The predicted octanol–water partition coefficient (Wildman–Crippen LogP) is 0.801. The number of nitrogens with one attached hydrogen (secondary N) is 1. The molecule has 2 fully saturated rings. The first-order chi connectivity index (χ1) is 10.1. The third-order valence-corrected chi connectivity index (χ3v) is 4.56. The molecule has 1 amide bonds. The van der Waals surface area contributed by atoms with Crippen LogP contribution >= 0.6 is 0 Å². The molecule has 2 atom stereocenters. The van der Waals surface area contributed by atoms with E-state index in [-0.39, 0.29) is 11.9 Å². The van der Waals surface area contributed by atoms with Gasteiger partial charge in [0.2, 0.25) is 5.91 Å². The first-order valence-electron chi connectivity index (χ1n) is 8.38. The van der Waals surface area contributed by atoms with E-state index in [2.05, 4.69) is 29.0 Å². The van der Waals surface area contributed by atoms with E-state index < -0.39 is 0 Å². The van der Waals surface area contributed by atoms with Crippen molar-refractivity contribution in [1.82, 2.24) is 15.1 Å². The second-order valence-corrected chi connectivity index (χ2v) is 6.88. The van der Waals surface area contributed by atoms with Gasteiger partial charge in [-0.1, -0.05) is 13.8 Å². The standard InChI is InChI=1S/C16H31N3O2/c1-13(2)10-17-16(20)14(3)19-7-5-18(6-8-19)11-15-4-9-21-12-15/h13-15H,4-12H2,1-3H3,(H,17,20)/t14-,15-/m0/s1. The fourth-order valence-electron chi connectivity index (χ4n) is 3.04. The maximum atomic E-state index is 12.1. The van der Waals surface area contributed by atoms with Gasteiger partial charge in [-0.05, 0) is 25.2 Å². The van der Waals surface area contributed by atoms with Gasteiger partial charge in [0.15, 0.2) is 0 Å². The number of piperazine rings is 1. The summed E-state index contributed by atoms with van der Waals surface area (Å²) in [5.41, 5.74) is 0.